The van der Waals surface area contributed by atoms with Gasteiger partial charge in [-0.2, -0.15) is 0 Å². The van der Waals surface area contributed by atoms with Crippen molar-refractivity contribution in [2.24, 2.45) is 0 Å². The summed E-state index contributed by atoms with van der Waals surface area (Å²) in [4.78, 5) is 24.7. The summed E-state index contributed by atoms with van der Waals surface area (Å²) in [6, 6.07) is 8.88. The molecule has 6 nitrogen and oxygen atoms in total. The van der Waals surface area contributed by atoms with Crippen LogP contribution in [-0.2, 0) is 0 Å². The molecule has 0 atom stereocenters. The van der Waals surface area contributed by atoms with E-state index in [1.54, 1.807) is 12.3 Å². The van der Waals surface area contributed by atoms with Gasteiger partial charge in [0.15, 0.2) is 0 Å². The predicted octanol–water partition coefficient (Wildman–Crippen LogP) is 2.19. The van der Waals surface area contributed by atoms with Crippen LogP contribution in [0.25, 0.3) is 0 Å². The van der Waals surface area contributed by atoms with E-state index in [1.807, 2.05) is 13.1 Å². The van der Waals surface area contributed by atoms with Crippen LogP contribution < -0.4 is 5.32 Å². The summed E-state index contributed by atoms with van der Waals surface area (Å²) in [5, 5.41) is 19.9. The third-order valence-electron chi connectivity index (χ3n) is 2.56. The summed E-state index contributed by atoms with van der Waals surface area (Å²) in [7, 11) is 1.84. The normalized spacial score (nSPS) is 8.91. The van der Waals surface area contributed by atoms with Gasteiger partial charge in [0, 0.05) is 7.05 Å². The molecule has 0 aliphatic rings. The molecule has 0 fully saturated rings. The number of carboxylic acids is 2. The summed E-state index contributed by atoms with van der Waals surface area (Å²) in [6.45, 7) is 0. The van der Waals surface area contributed by atoms with E-state index in [0.717, 1.165) is 11.8 Å². The van der Waals surface area contributed by atoms with Crippen LogP contribution in [0.5, 0.6) is 0 Å². The summed E-state index contributed by atoms with van der Waals surface area (Å²) < 4.78 is 0. The van der Waals surface area contributed by atoms with E-state index in [9.17, 15) is 9.59 Å². The lowest BCUT2D eigenvalue weighted by Crippen LogP contribution is -2.01. The summed E-state index contributed by atoms with van der Waals surface area (Å²) in [5.74, 6) is 0.186. The quantitative estimate of drug-likeness (QED) is 0.751. The maximum atomic E-state index is 10.4. The summed E-state index contributed by atoms with van der Waals surface area (Å²) in [5.41, 5.74) is 1.60. The standard InChI is InChI=1S/C8H8N2.C8H6O4/c1-3-7-4-5-8(9-2)6-10-7;9-7(10)5-2-1-3-6(4-5)8(11)12/h1,4-6,9H,2H3;1-4H,(H,9,10)(H,11,12). The third kappa shape index (κ3) is 4.98. The lowest BCUT2D eigenvalue weighted by atomic mass is 10.1. The molecule has 1 aromatic carbocycles. The molecule has 0 radical (unpaired) electrons. The molecule has 1 aromatic heterocycles. The smallest absolute Gasteiger partial charge is 0.335 e. The fraction of sp³-hybridized carbons (Fsp3) is 0.0625. The van der Waals surface area contributed by atoms with Crippen LogP contribution in [0.4, 0.5) is 5.69 Å². The van der Waals surface area contributed by atoms with Gasteiger partial charge >= 0.3 is 11.9 Å². The zero-order chi connectivity index (χ0) is 16.5. The Balaban J connectivity index is 0.000000224. The third-order valence-corrected chi connectivity index (χ3v) is 2.56. The first kappa shape index (κ1) is 16.7. The molecule has 2 aromatic rings. The lowest BCUT2D eigenvalue weighted by molar-refractivity contribution is 0.0696. The van der Waals surface area contributed by atoms with E-state index in [0.29, 0.717) is 5.69 Å². The Bertz CT molecular complexity index is 674. The number of rotatable bonds is 3. The summed E-state index contributed by atoms with van der Waals surface area (Å²) in [6.07, 6.45) is 6.81. The van der Waals surface area contributed by atoms with Gasteiger partial charge in [0.05, 0.1) is 23.0 Å². The van der Waals surface area contributed by atoms with Gasteiger partial charge < -0.3 is 15.5 Å². The highest BCUT2D eigenvalue weighted by atomic mass is 16.4. The van der Waals surface area contributed by atoms with E-state index in [2.05, 4.69) is 16.2 Å². The first-order valence-corrected chi connectivity index (χ1v) is 6.15. The first-order chi connectivity index (χ1) is 10.5. The maximum absolute atomic E-state index is 10.4. The zero-order valence-electron chi connectivity index (χ0n) is 11.8. The number of benzene rings is 1. The number of aromatic nitrogens is 1. The van der Waals surface area contributed by atoms with Crippen molar-refractivity contribution in [3.8, 4) is 12.3 Å². The van der Waals surface area contributed by atoms with Crippen molar-refractivity contribution < 1.29 is 19.8 Å². The molecule has 0 spiro atoms. The molecule has 0 amide bonds. The van der Waals surface area contributed by atoms with E-state index in [4.69, 9.17) is 16.6 Å². The SMILES string of the molecule is C#Cc1ccc(NC)cn1.O=C(O)c1cccc(C(=O)O)c1. The van der Waals surface area contributed by atoms with Crippen LogP contribution in [-0.4, -0.2) is 34.2 Å². The molecule has 112 valence electrons. The van der Waals surface area contributed by atoms with Crippen molar-refractivity contribution in [2.75, 3.05) is 12.4 Å². The minimum atomic E-state index is -1.13. The number of nitrogens with one attached hydrogen (secondary N) is 1. The zero-order valence-corrected chi connectivity index (χ0v) is 11.8. The minimum Gasteiger partial charge on any atom is -0.478 e. The van der Waals surface area contributed by atoms with Gasteiger partial charge in [0.2, 0.25) is 0 Å². The Hall–Kier alpha value is -3.33. The molecule has 2 rings (SSSR count). The Morgan fingerprint density at radius 2 is 1.73 bits per heavy atom. The van der Waals surface area contributed by atoms with Crippen LogP contribution >= 0.6 is 0 Å². The molecule has 0 aliphatic heterocycles. The van der Waals surface area contributed by atoms with Crippen molar-refractivity contribution in [3.05, 3.63) is 59.4 Å². The van der Waals surface area contributed by atoms with Crippen molar-refractivity contribution >= 4 is 17.6 Å². The van der Waals surface area contributed by atoms with Gasteiger partial charge in [0.1, 0.15) is 5.69 Å². The second-order valence-corrected chi connectivity index (χ2v) is 4.02. The van der Waals surface area contributed by atoms with Crippen molar-refractivity contribution in [2.45, 2.75) is 0 Å². The van der Waals surface area contributed by atoms with Gasteiger partial charge in [-0.1, -0.05) is 12.0 Å². The molecule has 0 unspecified atom stereocenters. The second-order valence-electron chi connectivity index (χ2n) is 4.02. The number of hydrogen-bond acceptors (Lipinski definition) is 4. The predicted molar refractivity (Wildman–Crippen MR) is 82.1 cm³/mol. The van der Waals surface area contributed by atoms with Gasteiger partial charge in [-0.15, -0.1) is 6.42 Å². The number of anilines is 1. The first-order valence-electron chi connectivity index (χ1n) is 6.15. The van der Waals surface area contributed by atoms with E-state index in [1.165, 1.54) is 18.2 Å². The molecule has 0 saturated carbocycles. The van der Waals surface area contributed by atoms with Crippen molar-refractivity contribution in [1.29, 1.82) is 0 Å². The van der Waals surface area contributed by atoms with E-state index >= 15 is 0 Å². The van der Waals surface area contributed by atoms with Gasteiger partial charge in [-0.25, -0.2) is 14.6 Å². The monoisotopic (exact) mass is 298 g/mol. The highest BCUT2D eigenvalue weighted by Crippen LogP contribution is 2.04. The number of carboxylic acid groups (broad SMARTS) is 2. The molecule has 6 heteroatoms. The summed E-state index contributed by atoms with van der Waals surface area (Å²) >= 11 is 0. The number of hydrogen-bond donors (Lipinski definition) is 3. The number of pyridine rings is 1. The molecule has 22 heavy (non-hydrogen) atoms. The second kappa shape index (κ2) is 8.07. The molecular formula is C16H14N2O4. The molecule has 0 bridgehead atoms. The van der Waals surface area contributed by atoms with Gasteiger partial charge in [-0.3, -0.25) is 0 Å². The topological polar surface area (TPSA) is 99.5 Å². The maximum Gasteiger partial charge on any atom is 0.335 e. The van der Waals surface area contributed by atoms with Crippen molar-refractivity contribution in [1.82, 2.24) is 4.98 Å². The average Bonchev–Trinajstić information content (AvgIpc) is 2.55. The number of aromatic carboxylic acids is 2. The molecule has 0 aliphatic carbocycles. The highest BCUT2D eigenvalue weighted by Gasteiger charge is 2.06. The Morgan fingerprint density at radius 3 is 2.09 bits per heavy atom. The number of terminal acetylenes is 1. The number of carbonyl (C=O) groups is 2. The fourth-order valence-electron chi connectivity index (χ4n) is 1.41. The Kier molecular flexibility index (Phi) is 6.13. The molecule has 0 saturated heterocycles. The minimum absolute atomic E-state index is 0.0186. The molecular weight excluding hydrogens is 284 g/mol. The highest BCUT2D eigenvalue weighted by molar-refractivity contribution is 5.93. The van der Waals surface area contributed by atoms with Gasteiger partial charge in [-0.05, 0) is 30.3 Å². The average molecular weight is 298 g/mol. The lowest BCUT2D eigenvalue weighted by Gasteiger charge is -1.96. The Labute approximate surface area is 127 Å². The van der Waals surface area contributed by atoms with Crippen LogP contribution in [0, 0.1) is 12.3 Å². The molecule has 1 heterocycles. The number of nitrogens with zero attached hydrogens (tertiary/aromatic N) is 1. The molecule has 3 N–H and O–H groups in total. The largest absolute Gasteiger partial charge is 0.478 e. The van der Waals surface area contributed by atoms with E-state index < -0.39 is 11.9 Å². The fourth-order valence-corrected chi connectivity index (χ4v) is 1.41. The van der Waals surface area contributed by atoms with Gasteiger partial charge in [0.25, 0.3) is 0 Å². The Morgan fingerprint density at radius 1 is 1.14 bits per heavy atom. The van der Waals surface area contributed by atoms with E-state index in [-0.39, 0.29) is 11.1 Å². The van der Waals surface area contributed by atoms with Crippen molar-refractivity contribution in [3.63, 3.8) is 0 Å². The van der Waals surface area contributed by atoms with Crippen LogP contribution in [0.3, 0.4) is 0 Å². The van der Waals surface area contributed by atoms with Crippen LogP contribution in [0.2, 0.25) is 0 Å². The van der Waals surface area contributed by atoms with Crippen LogP contribution in [0.15, 0.2) is 42.6 Å². The van der Waals surface area contributed by atoms with Crippen LogP contribution in [0.1, 0.15) is 26.4 Å².